The molecular formula is C10H15NOS. The highest BCUT2D eigenvalue weighted by atomic mass is 32.2. The maximum absolute atomic E-state index is 9.65. The lowest BCUT2D eigenvalue weighted by molar-refractivity contribution is 0.170. The van der Waals surface area contributed by atoms with Gasteiger partial charge < -0.3 is 10.8 Å². The van der Waals surface area contributed by atoms with Gasteiger partial charge in [-0.3, -0.25) is 0 Å². The van der Waals surface area contributed by atoms with Crippen molar-refractivity contribution in [3.63, 3.8) is 0 Å². The molecule has 0 saturated carbocycles. The Hall–Kier alpha value is -0.510. The summed E-state index contributed by atoms with van der Waals surface area (Å²) in [5, 5.41) is 9.65. The van der Waals surface area contributed by atoms with Gasteiger partial charge in [-0.15, -0.1) is 11.8 Å². The molecule has 0 spiro atoms. The Kier molecular flexibility index (Phi) is 4.28. The first-order valence-electron chi connectivity index (χ1n) is 4.30. The van der Waals surface area contributed by atoms with E-state index in [9.17, 15) is 5.11 Å². The van der Waals surface area contributed by atoms with E-state index in [4.69, 9.17) is 5.73 Å². The van der Waals surface area contributed by atoms with Gasteiger partial charge >= 0.3 is 0 Å². The third kappa shape index (κ3) is 3.03. The first-order chi connectivity index (χ1) is 6.27. The number of rotatable bonds is 4. The fourth-order valence-electron chi connectivity index (χ4n) is 1.17. The molecule has 72 valence electrons. The number of hydrogen-bond donors (Lipinski definition) is 2. The fourth-order valence-corrected chi connectivity index (χ4v) is 1.64. The number of thioether (sulfide) groups is 1. The van der Waals surface area contributed by atoms with Crippen LogP contribution in [0.2, 0.25) is 0 Å². The van der Waals surface area contributed by atoms with Crippen LogP contribution in [0.4, 0.5) is 0 Å². The van der Waals surface area contributed by atoms with Crippen LogP contribution in [0.3, 0.4) is 0 Å². The maximum Gasteiger partial charge on any atom is 0.0802 e. The van der Waals surface area contributed by atoms with Gasteiger partial charge in [-0.2, -0.15) is 0 Å². The first kappa shape index (κ1) is 10.6. The fraction of sp³-hybridized carbons (Fsp3) is 0.400. The molecule has 3 N–H and O–H groups in total. The van der Waals surface area contributed by atoms with Crippen molar-refractivity contribution in [3.8, 4) is 0 Å². The summed E-state index contributed by atoms with van der Waals surface area (Å²) in [6.07, 6.45) is 2.23. The molecule has 1 rings (SSSR count). The van der Waals surface area contributed by atoms with Gasteiger partial charge in [0.05, 0.1) is 6.10 Å². The summed E-state index contributed by atoms with van der Waals surface area (Å²) in [6.45, 7) is 0.519. The molecule has 13 heavy (non-hydrogen) atoms. The molecule has 0 aliphatic carbocycles. The Morgan fingerprint density at radius 3 is 2.92 bits per heavy atom. The van der Waals surface area contributed by atoms with E-state index in [-0.39, 0.29) is 0 Å². The summed E-state index contributed by atoms with van der Waals surface area (Å²) in [5.74, 6) is 0. The molecule has 0 bridgehead atoms. The van der Waals surface area contributed by atoms with Gasteiger partial charge in [-0.25, -0.2) is 0 Å². The van der Waals surface area contributed by atoms with Crippen molar-refractivity contribution < 1.29 is 5.11 Å². The highest BCUT2D eigenvalue weighted by Gasteiger charge is 2.05. The Labute approximate surface area is 83.1 Å². The third-order valence-corrected chi connectivity index (χ3v) is 2.64. The third-order valence-electron chi connectivity index (χ3n) is 1.92. The normalized spacial score (nSPS) is 12.8. The Morgan fingerprint density at radius 1 is 1.54 bits per heavy atom. The number of nitrogens with two attached hydrogens (primary N) is 1. The van der Waals surface area contributed by atoms with E-state index in [2.05, 4.69) is 0 Å². The number of aliphatic hydroxyl groups is 1. The van der Waals surface area contributed by atoms with Gasteiger partial charge in [0.15, 0.2) is 0 Å². The van der Waals surface area contributed by atoms with Crippen LogP contribution in [0.25, 0.3) is 0 Å². The number of benzene rings is 1. The highest BCUT2D eigenvalue weighted by Crippen LogP contribution is 2.21. The summed E-state index contributed by atoms with van der Waals surface area (Å²) < 4.78 is 0. The van der Waals surface area contributed by atoms with Crippen LogP contribution in [0.15, 0.2) is 29.2 Å². The molecule has 3 heteroatoms. The smallest absolute Gasteiger partial charge is 0.0802 e. The van der Waals surface area contributed by atoms with Gasteiger partial charge in [0.2, 0.25) is 0 Å². The lowest BCUT2D eigenvalue weighted by Gasteiger charge is -2.10. The predicted molar refractivity (Wildman–Crippen MR) is 56.9 cm³/mol. The number of aliphatic hydroxyl groups excluding tert-OH is 1. The van der Waals surface area contributed by atoms with Gasteiger partial charge in [0.25, 0.3) is 0 Å². The molecule has 0 amide bonds. The maximum atomic E-state index is 9.65. The molecule has 0 fully saturated rings. The largest absolute Gasteiger partial charge is 0.388 e. The number of hydrogen-bond acceptors (Lipinski definition) is 3. The summed E-state index contributed by atoms with van der Waals surface area (Å²) in [7, 11) is 0. The van der Waals surface area contributed by atoms with Crippen molar-refractivity contribution in [2.75, 3.05) is 12.8 Å². The second-order valence-corrected chi connectivity index (χ2v) is 3.75. The van der Waals surface area contributed by atoms with E-state index < -0.39 is 6.10 Å². The lowest BCUT2D eigenvalue weighted by atomic mass is 10.1. The first-order valence-corrected chi connectivity index (χ1v) is 5.52. The molecule has 2 nitrogen and oxygen atoms in total. The quantitative estimate of drug-likeness (QED) is 0.723. The molecule has 0 aliphatic rings. The predicted octanol–water partition coefficient (Wildman–Crippen LogP) is 1.79. The van der Waals surface area contributed by atoms with E-state index in [0.29, 0.717) is 13.0 Å². The Bertz CT molecular complexity index is 265. The monoisotopic (exact) mass is 197 g/mol. The van der Waals surface area contributed by atoms with Gasteiger partial charge in [0.1, 0.15) is 0 Å². The van der Waals surface area contributed by atoms with Crippen LogP contribution in [-0.2, 0) is 0 Å². The van der Waals surface area contributed by atoms with E-state index in [1.165, 1.54) is 4.90 Å². The van der Waals surface area contributed by atoms with Crippen LogP contribution < -0.4 is 5.73 Å². The highest BCUT2D eigenvalue weighted by molar-refractivity contribution is 7.98. The van der Waals surface area contributed by atoms with Gasteiger partial charge in [-0.1, -0.05) is 12.1 Å². The summed E-state index contributed by atoms with van der Waals surface area (Å²) >= 11 is 1.68. The van der Waals surface area contributed by atoms with Crippen molar-refractivity contribution in [2.45, 2.75) is 17.4 Å². The van der Waals surface area contributed by atoms with Crippen LogP contribution in [0.5, 0.6) is 0 Å². The average Bonchev–Trinajstić information content (AvgIpc) is 2.18. The molecular weight excluding hydrogens is 182 g/mol. The van der Waals surface area contributed by atoms with E-state index in [0.717, 1.165) is 5.56 Å². The van der Waals surface area contributed by atoms with E-state index >= 15 is 0 Å². The minimum Gasteiger partial charge on any atom is -0.388 e. The molecule has 0 heterocycles. The molecule has 1 atom stereocenters. The zero-order chi connectivity index (χ0) is 9.68. The lowest BCUT2D eigenvalue weighted by Crippen LogP contribution is -2.06. The van der Waals surface area contributed by atoms with Crippen molar-refractivity contribution >= 4 is 11.8 Å². The Balaban J connectivity index is 2.75. The van der Waals surface area contributed by atoms with Gasteiger partial charge in [0, 0.05) is 4.90 Å². The van der Waals surface area contributed by atoms with Crippen molar-refractivity contribution in [3.05, 3.63) is 29.8 Å². The van der Waals surface area contributed by atoms with Crippen molar-refractivity contribution in [1.29, 1.82) is 0 Å². The average molecular weight is 197 g/mol. The molecule has 1 aromatic carbocycles. The molecule has 0 aliphatic heterocycles. The Morgan fingerprint density at radius 2 is 2.31 bits per heavy atom. The van der Waals surface area contributed by atoms with Gasteiger partial charge in [-0.05, 0) is 36.9 Å². The summed E-state index contributed by atoms with van der Waals surface area (Å²) in [4.78, 5) is 1.17. The van der Waals surface area contributed by atoms with Crippen molar-refractivity contribution in [2.24, 2.45) is 5.73 Å². The molecule has 0 aromatic heterocycles. The van der Waals surface area contributed by atoms with E-state index in [1.807, 2.05) is 30.5 Å². The standard InChI is InChI=1S/C10H15NOS/c1-13-9-4-2-3-8(7-9)10(12)5-6-11/h2-4,7,10,12H,5-6,11H2,1H3. The molecule has 0 saturated heterocycles. The van der Waals surface area contributed by atoms with Crippen LogP contribution in [0, 0.1) is 0 Å². The topological polar surface area (TPSA) is 46.2 Å². The van der Waals surface area contributed by atoms with Crippen LogP contribution >= 0.6 is 11.8 Å². The van der Waals surface area contributed by atoms with Crippen LogP contribution in [0.1, 0.15) is 18.1 Å². The zero-order valence-electron chi connectivity index (χ0n) is 7.73. The molecule has 1 unspecified atom stereocenters. The molecule has 1 aromatic rings. The minimum atomic E-state index is -0.419. The SMILES string of the molecule is CSc1cccc(C(O)CCN)c1. The zero-order valence-corrected chi connectivity index (χ0v) is 8.55. The second kappa shape index (κ2) is 5.27. The second-order valence-electron chi connectivity index (χ2n) is 2.87. The summed E-state index contributed by atoms with van der Waals surface area (Å²) in [5.41, 5.74) is 6.33. The minimum absolute atomic E-state index is 0.419. The van der Waals surface area contributed by atoms with Crippen molar-refractivity contribution in [1.82, 2.24) is 0 Å². The molecule has 0 radical (unpaired) electrons. The summed E-state index contributed by atoms with van der Waals surface area (Å²) in [6, 6.07) is 7.93. The van der Waals surface area contributed by atoms with Crippen LogP contribution in [-0.4, -0.2) is 17.9 Å². The van der Waals surface area contributed by atoms with E-state index in [1.54, 1.807) is 11.8 Å².